The molecule has 0 aliphatic carbocycles. The lowest BCUT2D eigenvalue weighted by molar-refractivity contribution is -0.121. The largest absolute Gasteiger partial charge is 0.497 e. The summed E-state index contributed by atoms with van der Waals surface area (Å²) in [7, 11) is -1.87. The van der Waals surface area contributed by atoms with Crippen LogP contribution in [0.4, 0.5) is 16.2 Å². The summed E-state index contributed by atoms with van der Waals surface area (Å²) in [6.07, 6.45) is 0.575. The van der Waals surface area contributed by atoms with Crippen molar-refractivity contribution in [2.24, 2.45) is 0 Å². The summed E-state index contributed by atoms with van der Waals surface area (Å²) < 4.78 is 46.5. The quantitative estimate of drug-likeness (QED) is 0.230. The van der Waals surface area contributed by atoms with Gasteiger partial charge < -0.3 is 29.1 Å². The highest BCUT2D eigenvalue weighted by Gasteiger charge is 2.58. The Kier molecular flexibility index (Phi) is 9.73. The number of ether oxygens (including phenoxy) is 3. The lowest BCUT2D eigenvalue weighted by atomic mass is 9.83. The Morgan fingerprint density at radius 3 is 2.39 bits per heavy atom. The third kappa shape index (κ3) is 6.24. The summed E-state index contributed by atoms with van der Waals surface area (Å²) in [5, 5.41) is 22.6. The first kappa shape index (κ1) is 35.0. The molecule has 2 aliphatic rings. The molecule has 2 amide bonds. The van der Waals surface area contributed by atoms with Crippen LogP contribution in [0.5, 0.6) is 17.4 Å². The van der Waals surface area contributed by atoms with Crippen LogP contribution in [0, 0.1) is 11.3 Å². The third-order valence-electron chi connectivity index (χ3n) is 9.01. The van der Waals surface area contributed by atoms with Gasteiger partial charge in [-0.1, -0.05) is 12.1 Å². The number of nitriles is 1. The van der Waals surface area contributed by atoms with Crippen molar-refractivity contribution in [1.29, 1.82) is 5.26 Å². The van der Waals surface area contributed by atoms with E-state index in [2.05, 4.69) is 21.3 Å². The Hall–Kier alpha value is -5.85. The molecule has 264 valence electrons. The molecule has 0 bridgehead atoms. The van der Waals surface area contributed by atoms with E-state index in [-0.39, 0.29) is 52.1 Å². The number of rotatable bonds is 11. The number of hydrogen-bond donors (Lipinski definition) is 2. The number of carbonyl (C=O) groups is 2. The van der Waals surface area contributed by atoms with Gasteiger partial charge in [0.2, 0.25) is 5.88 Å². The number of anilines is 2. The maximum absolute atomic E-state index is 15.1. The molecule has 51 heavy (non-hydrogen) atoms. The first-order valence-corrected chi connectivity index (χ1v) is 17.5. The van der Waals surface area contributed by atoms with E-state index in [0.717, 1.165) is 15.6 Å². The van der Waals surface area contributed by atoms with Crippen molar-refractivity contribution in [2.45, 2.75) is 23.9 Å². The molecule has 1 unspecified atom stereocenters. The van der Waals surface area contributed by atoms with Crippen LogP contribution in [-0.4, -0.2) is 82.4 Å². The zero-order valence-corrected chi connectivity index (χ0v) is 29.0. The minimum absolute atomic E-state index is 0.0244. The van der Waals surface area contributed by atoms with Crippen molar-refractivity contribution >= 4 is 33.4 Å². The number of piperazine rings is 1. The van der Waals surface area contributed by atoms with Gasteiger partial charge in [0.1, 0.15) is 16.4 Å². The van der Waals surface area contributed by atoms with Crippen LogP contribution in [-0.2, 0) is 26.9 Å². The fourth-order valence-corrected chi connectivity index (χ4v) is 8.06. The first-order valence-electron chi connectivity index (χ1n) is 16.1. The number of carboxylic acid groups (broad SMARTS) is 1. The molecule has 0 saturated carbocycles. The summed E-state index contributed by atoms with van der Waals surface area (Å²) in [6, 6.07) is 21.6. The summed E-state index contributed by atoms with van der Waals surface area (Å²) in [4.78, 5) is 34.1. The number of pyridine rings is 1. The molecule has 2 N–H and O–H groups in total. The van der Waals surface area contributed by atoms with Gasteiger partial charge in [0, 0.05) is 61.8 Å². The molecule has 3 aromatic carbocycles. The number of carbonyl (C=O) groups excluding carboxylic acids is 1. The maximum Gasteiger partial charge on any atom is 0.407 e. The third-order valence-corrected chi connectivity index (χ3v) is 10.7. The minimum Gasteiger partial charge on any atom is -0.497 e. The number of benzene rings is 3. The lowest BCUT2D eigenvalue weighted by Crippen LogP contribution is -2.52. The van der Waals surface area contributed by atoms with E-state index in [1.807, 2.05) is 24.3 Å². The van der Waals surface area contributed by atoms with Gasteiger partial charge in [-0.15, -0.1) is 0 Å². The molecule has 1 aromatic heterocycles. The number of amides is 2. The summed E-state index contributed by atoms with van der Waals surface area (Å²) in [5.41, 5.74) is 0.559. The van der Waals surface area contributed by atoms with Gasteiger partial charge in [0.05, 0.1) is 38.1 Å². The van der Waals surface area contributed by atoms with Gasteiger partial charge in [0.15, 0.2) is 5.54 Å². The van der Waals surface area contributed by atoms with E-state index >= 15 is 4.79 Å². The van der Waals surface area contributed by atoms with Gasteiger partial charge in [-0.2, -0.15) is 5.26 Å². The molecule has 0 radical (unpaired) electrons. The van der Waals surface area contributed by atoms with Gasteiger partial charge >= 0.3 is 6.09 Å². The SMILES string of the molecule is CCOc1ncccc1C1(NCc2ccc(N3CCN(C(=O)O)CC3)cc2)C(=O)N(S(=O)(=O)c2ccc(OC)cc2OC)c2ccc(C#N)cc21. The van der Waals surface area contributed by atoms with E-state index in [1.165, 1.54) is 61.7 Å². The molecule has 3 heterocycles. The number of aromatic nitrogens is 1. The molecule has 2 aliphatic heterocycles. The number of methoxy groups -OCH3 is 2. The standard InChI is InChI=1S/C36H36N6O8S/c1-4-50-33-28(6-5-15-38-33)36(39-23-24-7-10-26(11-8-24)40-16-18-41(19-17-40)35(44)45)29-20-25(22-37)9-13-30(29)42(34(36)43)51(46,47)32-14-12-27(48-2)21-31(32)49-3/h5-15,20-21,39H,4,16-19,23H2,1-3H3,(H,44,45). The van der Waals surface area contributed by atoms with E-state index in [1.54, 1.807) is 19.1 Å². The zero-order valence-electron chi connectivity index (χ0n) is 28.2. The van der Waals surface area contributed by atoms with E-state index in [0.29, 0.717) is 31.9 Å². The first-order chi connectivity index (χ1) is 24.6. The van der Waals surface area contributed by atoms with Gasteiger partial charge in [-0.3, -0.25) is 10.1 Å². The second-order valence-electron chi connectivity index (χ2n) is 11.8. The highest BCUT2D eigenvalue weighted by molar-refractivity contribution is 7.93. The fraction of sp³-hybridized carbons (Fsp3) is 0.278. The van der Waals surface area contributed by atoms with Crippen LogP contribution in [0.25, 0.3) is 0 Å². The van der Waals surface area contributed by atoms with Crippen LogP contribution in [0.2, 0.25) is 0 Å². The Morgan fingerprint density at radius 2 is 1.75 bits per heavy atom. The molecule has 4 aromatic rings. The van der Waals surface area contributed by atoms with Crippen molar-refractivity contribution in [2.75, 3.05) is 56.2 Å². The summed E-state index contributed by atoms with van der Waals surface area (Å²) in [6.45, 7) is 3.95. The summed E-state index contributed by atoms with van der Waals surface area (Å²) in [5.74, 6) is -0.402. The van der Waals surface area contributed by atoms with Crippen LogP contribution < -0.4 is 28.7 Å². The zero-order chi connectivity index (χ0) is 36.3. The topological polar surface area (TPSA) is 175 Å². The molecule has 1 fully saturated rings. The van der Waals surface area contributed by atoms with E-state index in [9.17, 15) is 23.6 Å². The predicted molar refractivity (Wildman–Crippen MR) is 187 cm³/mol. The molecular weight excluding hydrogens is 676 g/mol. The van der Waals surface area contributed by atoms with Gasteiger partial charge in [0.25, 0.3) is 15.9 Å². The van der Waals surface area contributed by atoms with Crippen LogP contribution in [0.3, 0.4) is 0 Å². The second kappa shape index (κ2) is 14.2. The predicted octanol–water partition coefficient (Wildman–Crippen LogP) is 3.94. The molecule has 1 saturated heterocycles. The van der Waals surface area contributed by atoms with E-state index < -0.39 is 27.6 Å². The molecular formula is C36H36N6O8S. The Bertz CT molecular complexity index is 2110. The Balaban J connectivity index is 1.45. The number of fused-ring (bicyclic) bond motifs is 1. The van der Waals surface area contributed by atoms with Crippen molar-refractivity contribution in [3.63, 3.8) is 0 Å². The van der Waals surface area contributed by atoms with Crippen LogP contribution in [0.15, 0.2) is 83.9 Å². The van der Waals surface area contributed by atoms with Crippen molar-refractivity contribution < 1.29 is 37.3 Å². The highest BCUT2D eigenvalue weighted by atomic mass is 32.2. The maximum atomic E-state index is 15.1. The van der Waals surface area contributed by atoms with Crippen LogP contribution >= 0.6 is 0 Å². The number of nitrogens with zero attached hydrogens (tertiary/aromatic N) is 5. The van der Waals surface area contributed by atoms with Crippen LogP contribution in [0.1, 0.15) is 29.2 Å². The van der Waals surface area contributed by atoms with Gasteiger partial charge in [-0.25, -0.2) is 22.5 Å². The highest BCUT2D eigenvalue weighted by Crippen LogP contribution is 2.50. The normalized spacial score (nSPS) is 17.1. The number of sulfonamides is 1. The number of nitrogens with one attached hydrogen (secondary N) is 1. The monoisotopic (exact) mass is 712 g/mol. The molecule has 14 nitrogen and oxygen atoms in total. The van der Waals surface area contributed by atoms with Gasteiger partial charge in [-0.05, 0) is 67.1 Å². The molecule has 1 atom stereocenters. The van der Waals surface area contributed by atoms with E-state index in [4.69, 9.17) is 14.2 Å². The molecule has 6 rings (SSSR count). The summed E-state index contributed by atoms with van der Waals surface area (Å²) >= 11 is 0. The lowest BCUT2D eigenvalue weighted by Gasteiger charge is -2.34. The fourth-order valence-electron chi connectivity index (χ4n) is 6.45. The minimum atomic E-state index is -4.63. The second-order valence-corrected chi connectivity index (χ2v) is 13.5. The number of hydrogen-bond acceptors (Lipinski definition) is 11. The van der Waals surface area contributed by atoms with Crippen molar-refractivity contribution in [3.8, 4) is 23.4 Å². The van der Waals surface area contributed by atoms with Crippen molar-refractivity contribution in [3.05, 3.63) is 101 Å². The molecule has 0 spiro atoms. The molecule has 15 heteroatoms. The Morgan fingerprint density at radius 1 is 1.00 bits per heavy atom. The average molecular weight is 713 g/mol. The average Bonchev–Trinajstić information content (AvgIpc) is 3.41. The smallest absolute Gasteiger partial charge is 0.407 e. The Labute approximate surface area is 295 Å². The van der Waals surface area contributed by atoms with Crippen molar-refractivity contribution in [1.82, 2.24) is 15.2 Å².